The molecule has 17 heteroatoms. The van der Waals surface area contributed by atoms with E-state index in [0.717, 1.165) is 111 Å². The summed E-state index contributed by atoms with van der Waals surface area (Å²) in [5, 5.41) is 17.2. The molecular weight excluding hydrogens is 849 g/mol. The number of hydrogen-bond donors (Lipinski definition) is 3. The second-order valence-electron chi connectivity index (χ2n) is 17.3. The minimum Gasteiger partial charge on any atom is -0.378 e. The van der Waals surface area contributed by atoms with E-state index in [4.69, 9.17) is 0 Å². The first-order chi connectivity index (χ1) is 32.5. The third kappa shape index (κ3) is 13.6. The minimum atomic E-state index is -0.460. The zero-order chi connectivity index (χ0) is 47.7. The van der Waals surface area contributed by atoms with Gasteiger partial charge in [0.25, 0.3) is 5.91 Å². The summed E-state index contributed by atoms with van der Waals surface area (Å²) in [6.07, 6.45) is 8.22. The molecule has 5 aromatic rings. The number of likely N-dealkylation sites (tertiary alicyclic amines) is 1. The molecule has 67 heavy (non-hydrogen) atoms. The van der Waals surface area contributed by atoms with Gasteiger partial charge in [0, 0.05) is 102 Å². The maximum absolute atomic E-state index is 13.2. The highest BCUT2D eigenvalue weighted by atomic mass is 16.2. The van der Waals surface area contributed by atoms with Gasteiger partial charge in [-0.2, -0.15) is 0 Å². The number of piperidine rings is 1. The van der Waals surface area contributed by atoms with E-state index in [2.05, 4.69) is 71.0 Å². The van der Waals surface area contributed by atoms with Crippen LogP contribution in [0.2, 0.25) is 0 Å². The van der Waals surface area contributed by atoms with Crippen molar-refractivity contribution in [2.75, 3.05) is 70.1 Å². The average Bonchev–Trinajstić information content (AvgIpc) is 3.73. The Morgan fingerprint density at radius 3 is 2.39 bits per heavy atom. The van der Waals surface area contributed by atoms with Crippen molar-refractivity contribution in [2.24, 2.45) is 13.0 Å². The van der Waals surface area contributed by atoms with Gasteiger partial charge < -0.3 is 35.1 Å². The van der Waals surface area contributed by atoms with Crippen molar-refractivity contribution in [1.29, 1.82) is 0 Å². The maximum Gasteiger partial charge on any atom is 0.253 e. The third-order valence-electron chi connectivity index (χ3n) is 12.7. The number of nitrogens with zero attached hydrogens (tertiary/aromatic N) is 9. The summed E-state index contributed by atoms with van der Waals surface area (Å²) in [7, 11) is 5.37. The standard InChI is InChI=1S/C35H48N6O5.C15H16N6/c1-26(37-25-44)28-6-4-7-29(20-28)35(46)41-13-11-27(12-14-41)22-39-15-17-40(18-16-39)32-10-9-30(24-43)31(21-32)23-38(3)33(8-5-19-42)34(45)36-2;1-11-4-3-5-12(8-11)17-9-14-19-20-15(21(14)2)13-6-7-16-10-18-13/h4,6-7,9-10,19-21,24-27,33H,5,8,11-18,22-23H2,1-3H3,(H,36,45)(H,37,44);3-8,10,17H,9H2,1-2H3/t26-,33?;/m1./s1. The van der Waals surface area contributed by atoms with Crippen molar-refractivity contribution >= 4 is 42.2 Å². The fraction of sp³-hybridized carbons (Fsp3) is 0.420. The van der Waals surface area contributed by atoms with E-state index < -0.39 is 6.04 Å². The number of piperazine rings is 1. The molecule has 2 atom stereocenters. The Morgan fingerprint density at radius 2 is 1.70 bits per heavy atom. The molecular formula is C50H64N12O5. The normalized spacial score (nSPS) is 15.2. The lowest BCUT2D eigenvalue weighted by atomic mass is 9.95. The van der Waals surface area contributed by atoms with Crippen molar-refractivity contribution in [3.8, 4) is 11.5 Å². The zero-order valence-electron chi connectivity index (χ0n) is 39.3. The van der Waals surface area contributed by atoms with Gasteiger partial charge in [-0.3, -0.25) is 29.0 Å². The molecule has 2 aromatic heterocycles. The first-order valence-corrected chi connectivity index (χ1v) is 23.0. The summed E-state index contributed by atoms with van der Waals surface area (Å²) >= 11 is 0. The van der Waals surface area contributed by atoms with Crippen LogP contribution in [0.3, 0.4) is 0 Å². The monoisotopic (exact) mass is 913 g/mol. The lowest BCUT2D eigenvalue weighted by Crippen LogP contribution is -2.49. The number of nitrogens with one attached hydrogen (secondary N) is 3. The van der Waals surface area contributed by atoms with Gasteiger partial charge in [-0.25, -0.2) is 9.97 Å². The van der Waals surface area contributed by atoms with E-state index in [-0.39, 0.29) is 17.9 Å². The topological polar surface area (TPSA) is 191 Å². The van der Waals surface area contributed by atoms with Gasteiger partial charge in [-0.15, -0.1) is 10.2 Å². The molecule has 0 bridgehead atoms. The van der Waals surface area contributed by atoms with E-state index in [1.807, 2.05) is 90.0 Å². The van der Waals surface area contributed by atoms with Crippen LogP contribution in [0.5, 0.6) is 0 Å². The Balaban J connectivity index is 0.000000291. The smallest absolute Gasteiger partial charge is 0.253 e. The summed E-state index contributed by atoms with van der Waals surface area (Å²) < 4.78 is 1.94. The molecule has 2 aliphatic heterocycles. The van der Waals surface area contributed by atoms with Gasteiger partial charge in [0.05, 0.1) is 18.6 Å². The van der Waals surface area contributed by atoms with Gasteiger partial charge in [-0.1, -0.05) is 24.3 Å². The summed E-state index contributed by atoms with van der Waals surface area (Å²) in [5.74, 6) is 2.03. The Labute approximate surface area is 393 Å². The molecule has 2 saturated heterocycles. The molecule has 2 fully saturated rings. The van der Waals surface area contributed by atoms with Gasteiger partial charge in [0.15, 0.2) is 11.6 Å². The van der Waals surface area contributed by atoms with Crippen molar-refractivity contribution < 1.29 is 24.0 Å². The maximum atomic E-state index is 13.2. The number of aryl methyl sites for hydroxylation is 1. The Hall–Kier alpha value is -6.85. The van der Waals surface area contributed by atoms with Crippen molar-refractivity contribution in [3.63, 3.8) is 0 Å². The summed E-state index contributed by atoms with van der Waals surface area (Å²) in [4.78, 5) is 76.1. The summed E-state index contributed by atoms with van der Waals surface area (Å²) in [5.41, 5.74) is 7.15. The van der Waals surface area contributed by atoms with E-state index >= 15 is 0 Å². The van der Waals surface area contributed by atoms with Crippen LogP contribution in [0.15, 0.2) is 85.3 Å². The van der Waals surface area contributed by atoms with Crippen molar-refractivity contribution in [2.45, 2.75) is 64.7 Å². The zero-order valence-corrected chi connectivity index (χ0v) is 39.3. The fourth-order valence-electron chi connectivity index (χ4n) is 8.66. The quantitative estimate of drug-likeness (QED) is 0.0968. The van der Waals surface area contributed by atoms with E-state index in [9.17, 15) is 24.0 Å². The van der Waals surface area contributed by atoms with Crippen LogP contribution in [-0.2, 0) is 34.5 Å². The third-order valence-corrected chi connectivity index (χ3v) is 12.7. The first kappa shape index (κ1) is 49.6. The van der Waals surface area contributed by atoms with Crippen molar-refractivity contribution in [1.82, 2.24) is 50.1 Å². The number of hydrogen-bond acceptors (Lipinski definition) is 13. The number of amides is 3. The summed E-state index contributed by atoms with van der Waals surface area (Å²) in [6.45, 7) is 11.1. The molecule has 0 radical (unpaired) electrons. The number of carbonyl (C=O) groups excluding carboxylic acids is 5. The molecule has 4 heterocycles. The lowest BCUT2D eigenvalue weighted by molar-refractivity contribution is -0.126. The number of anilines is 2. The molecule has 3 N–H and O–H groups in total. The minimum absolute atomic E-state index is 0.0449. The van der Waals surface area contributed by atoms with Crippen LogP contribution in [0.25, 0.3) is 11.5 Å². The van der Waals surface area contributed by atoms with E-state index in [0.29, 0.717) is 49.4 Å². The molecule has 354 valence electrons. The largest absolute Gasteiger partial charge is 0.378 e. The Bertz CT molecular complexity index is 2410. The van der Waals surface area contributed by atoms with Crippen LogP contribution in [0.4, 0.5) is 11.4 Å². The second kappa shape index (κ2) is 24.6. The number of carbonyl (C=O) groups is 5. The highest BCUT2D eigenvalue weighted by Gasteiger charge is 2.28. The van der Waals surface area contributed by atoms with Crippen LogP contribution < -0.4 is 20.9 Å². The van der Waals surface area contributed by atoms with Crippen LogP contribution >= 0.6 is 0 Å². The highest BCUT2D eigenvalue weighted by Crippen LogP contribution is 2.26. The van der Waals surface area contributed by atoms with Gasteiger partial charge in [0.2, 0.25) is 12.3 Å². The molecule has 2 aliphatic rings. The van der Waals surface area contributed by atoms with E-state index in [1.54, 1.807) is 13.2 Å². The fourth-order valence-corrected chi connectivity index (χ4v) is 8.66. The molecule has 0 spiro atoms. The number of rotatable bonds is 19. The van der Waals surface area contributed by atoms with Crippen LogP contribution in [0, 0.1) is 12.8 Å². The Kier molecular flexibility index (Phi) is 18.2. The molecule has 1 unspecified atom stereocenters. The average molecular weight is 913 g/mol. The second-order valence-corrected chi connectivity index (χ2v) is 17.3. The molecule has 7 rings (SSSR count). The van der Waals surface area contributed by atoms with Crippen molar-refractivity contribution in [3.05, 3.63) is 119 Å². The molecule has 17 nitrogen and oxygen atoms in total. The molecule has 3 aromatic carbocycles. The number of benzene rings is 3. The molecule has 0 aliphatic carbocycles. The van der Waals surface area contributed by atoms with E-state index in [1.165, 1.54) is 11.9 Å². The predicted octanol–water partition coefficient (Wildman–Crippen LogP) is 4.70. The number of likely N-dealkylation sites (N-methyl/N-ethyl adjacent to an activating group) is 2. The predicted molar refractivity (Wildman–Crippen MR) is 258 cm³/mol. The van der Waals surface area contributed by atoms with Crippen LogP contribution in [0.1, 0.15) is 81.9 Å². The van der Waals surface area contributed by atoms with Gasteiger partial charge in [-0.05, 0) is 111 Å². The van der Waals surface area contributed by atoms with Crippen LogP contribution in [-0.4, -0.2) is 136 Å². The van der Waals surface area contributed by atoms with Gasteiger partial charge in [0.1, 0.15) is 24.6 Å². The first-order valence-electron chi connectivity index (χ1n) is 23.0. The highest BCUT2D eigenvalue weighted by molar-refractivity contribution is 5.94. The van der Waals surface area contributed by atoms with Gasteiger partial charge >= 0.3 is 0 Å². The Morgan fingerprint density at radius 1 is 0.925 bits per heavy atom. The molecule has 3 amide bonds. The number of aromatic nitrogens is 5. The SMILES string of the molecule is CNC(=O)C(CCC=O)N(C)Cc1cc(N2CCN(CC3CCN(C(=O)c4cccc([C@@H](C)NC=O)c4)CC3)CC2)ccc1C=O.Cc1cccc(NCc2nnc(-c3ccncn3)n2C)c1. The summed E-state index contributed by atoms with van der Waals surface area (Å²) in [6, 6.07) is 22.9. The lowest BCUT2D eigenvalue weighted by Gasteiger charge is -2.40. The molecule has 0 saturated carbocycles. The number of aldehydes is 2.